The summed E-state index contributed by atoms with van der Waals surface area (Å²) in [4.78, 5) is 11.1. The van der Waals surface area contributed by atoms with Crippen molar-refractivity contribution in [1.29, 1.82) is 0 Å². The summed E-state index contributed by atoms with van der Waals surface area (Å²) in [5, 5.41) is 13.8. The first-order chi connectivity index (χ1) is 8.31. The topological polar surface area (TPSA) is 106 Å². The Kier molecular flexibility index (Phi) is 4.66. The molecular formula is C11H21N5O2. The molecule has 1 aromatic heterocycles. The van der Waals surface area contributed by atoms with Crippen molar-refractivity contribution in [2.75, 3.05) is 11.9 Å². The lowest BCUT2D eigenvalue weighted by atomic mass is 9.93. The Bertz CT molecular complexity index is 400. The van der Waals surface area contributed by atoms with Crippen LogP contribution in [0.3, 0.4) is 0 Å². The number of carbonyl (C=O) groups is 1. The minimum Gasteiger partial charge on any atom is -0.407 e. The Morgan fingerprint density at radius 2 is 2.11 bits per heavy atom. The predicted octanol–water partition coefficient (Wildman–Crippen LogP) is 0.491. The van der Waals surface area contributed by atoms with Crippen LogP contribution in [0.15, 0.2) is 4.42 Å². The first kappa shape index (κ1) is 14.4. The minimum absolute atomic E-state index is 0.296. The van der Waals surface area contributed by atoms with Gasteiger partial charge in [0.2, 0.25) is 11.8 Å². The third-order valence-corrected chi connectivity index (χ3v) is 2.48. The second kappa shape index (κ2) is 5.81. The molecule has 7 heteroatoms. The highest BCUT2D eigenvalue weighted by Gasteiger charge is 2.25. The molecule has 0 aromatic carbocycles. The van der Waals surface area contributed by atoms with E-state index in [1.807, 2.05) is 13.8 Å². The van der Waals surface area contributed by atoms with Crippen LogP contribution in [0.1, 0.15) is 33.6 Å². The zero-order valence-corrected chi connectivity index (χ0v) is 11.3. The van der Waals surface area contributed by atoms with Gasteiger partial charge in [0.25, 0.3) is 0 Å². The lowest BCUT2D eigenvalue weighted by Gasteiger charge is -2.19. The standard InChI is InChI=1S/C11H21N5O2/c1-7(2)13-5-8-15-16-10(18-8)14-6-11(3,4)9(12)17/h7,13H,5-6H2,1-4H3,(H2,12,17)(H,14,16). The molecule has 1 heterocycles. The van der Waals surface area contributed by atoms with Crippen molar-refractivity contribution in [1.82, 2.24) is 15.5 Å². The van der Waals surface area contributed by atoms with E-state index < -0.39 is 5.41 Å². The van der Waals surface area contributed by atoms with Crippen molar-refractivity contribution in [2.45, 2.75) is 40.3 Å². The number of nitrogens with two attached hydrogens (primary N) is 1. The molecule has 1 rings (SSSR count). The maximum Gasteiger partial charge on any atom is 0.315 e. The number of nitrogens with zero attached hydrogens (tertiary/aromatic N) is 2. The zero-order chi connectivity index (χ0) is 13.8. The van der Waals surface area contributed by atoms with E-state index in [1.54, 1.807) is 13.8 Å². The van der Waals surface area contributed by atoms with Gasteiger partial charge in [-0.2, -0.15) is 0 Å². The molecule has 0 atom stereocenters. The predicted molar refractivity (Wildman–Crippen MR) is 67.7 cm³/mol. The third-order valence-electron chi connectivity index (χ3n) is 2.48. The van der Waals surface area contributed by atoms with Gasteiger partial charge in [-0.3, -0.25) is 4.79 Å². The van der Waals surface area contributed by atoms with Gasteiger partial charge < -0.3 is 20.8 Å². The molecule has 0 fully saturated rings. The molecule has 1 amide bonds. The van der Waals surface area contributed by atoms with Crippen LogP contribution in [0.25, 0.3) is 0 Å². The molecule has 18 heavy (non-hydrogen) atoms. The Hall–Kier alpha value is -1.63. The average molecular weight is 255 g/mol. The van der Waals surface area contributed by atoms with E-state index in [0.717, 1.165) is 0 Å². The van der Waals surface area contributed by atoms with Crippen LogP contribution in [-0.2, 0) is 11.3 Å². The molecule has 0 saturated heterocycles. The van der Waals surface area contributed by atoms with Gasteiger partial charge in [0.05, 0.1) is 12.0 Å². The largest absolute Gasteiger partial charge is 0.407 e. The van der Waals surface area contributed by atoms with Gasteiger partial charge in [-0.15, -0.1) is 5.10 Å². The highest BCUT2D eigenvalue weighted by molar-refractivity contribution is 5.80. The summed E-state index contributed by atoms with van der Waals surface area (Å²) < 4.78 is 5.36. The van der Waals surface area contributed by atoms with Crippen molar-refractivity contribution < 1.29 is 9.21 Å². The summed E-state index contributed by atoms with van der Waals surface area (Å²) in [5.41, 5.74) is 4.60. The van der Waals surface area contributed by atoms with Gasteiger partial charge in [-0.1, -0.05) is 18.9 Å². The molecule has 0 aliphatic rings. The van der Waals surface area contributed by atoms with Crippen molar-refractivity contribution in [3.63, 3.8) is 0 Å². The van der Waals surface area contributed by atoms with E-state index in [1.165, 1.54) is 0 Å². The van der Waals surface area contributed by atoms with E-state index in [9.17, 15) is 4.79 Å². The molecule has 0 bridgehead atoms. The molecule has 0 aliphatic carbocycles. The van der Waals surface area contributed by atoms with Gasteiger partial charge in [0.15, 0.2) is 0 Å². The SMILES string of the molecule is CC(C)NCc1nnc(NCC(C)(C)C(N)=O)o1. The van der Waals surface area contributed by atoms with E-state index >= 15 is 0 Å². The number of carbonyl (C=O) groups excluding carboxylic acids is 1. The maximum absolute atomic E-state index is 11.1. The fourth-order valence-electron chi connectivity index (χ4n) is 1.07. The summed E-state index contributed by atoms with van der Waals surface area (Å²) in [7, 11) is 0. The second-order valence-electron chi connectivity index (χ2n) is 5.14. The number of anilines is 1. The lowest BCUT2D eigenvalue weighted by Crippen LogP contribution is -2.37. The molecule has 0 radical (unpaired) electrons. The Balaban J connectivity index is 2.47. The van der Waals surface area contributed by atoms with E-state index in [4.69, 9.17) is 10.2 Å². The van der Waals surface area contributed by atoms with Gasteiger partial charge in [0.1, 0.15) is 0 Å². The molecular weight excluding hydrogens is 234 g/mol. The number of hydrogen-bond donors (Lipinski definition) is 3. The summed E-state index contributed by atoms with van der Waals surface area (Å²) in [6.45, 7) is 8.43. The van der Waals surface area contributed by atoms with Crippen LogP contribution >= 0.6 is 0 Å². The van der Waals surface area contributed by atoms with Crippen molar-refractivity contribution in [2.24, 2.45) is 11.1 Å². The first-order valence-corrected chi connectivity index (χ1v) is 5.91. The molecule has 0 saturated carbocycles. The number of primary amides is 1. The number of hydrogen-bond acceptors (Lipinski definition) is 6. The quantitative estimate of drug-likeness (QED) is 0.654. The van der Waals surface area contributed by atoms with E-state index in [0.29, 0.717) is 31.0 Å². The van der Waals surface area contributed by atoms with Crippen LogP contribution in [0.4, 0.5) is 6.01 Å². The van der Waals surface area contributed by atoms with Crippen molar-refractivity contribution in [3.8, 4) is 0 Å². The monoisotopic (exact) mass is 255 g/mol. The average Bonchev–Trinajstić information content (AvgIpc) is 2.71. The number of nitrogens with one attached hydrogen (secondary N) is 2. The fraction of sp³-hybridized carbons (Fsp3) is 0.727. The molecule has 0 spiro atoms. The van der Waals surface area contributed by atoms with Gasteiger partial charge in [-0.05, 0) is 13.8 Å². The van der Waals surface area contributed by atoms with Crippen LogP contribution in [0.5, 0.6) is 0 Å². The summed E-state index contributed by atoms with van der Waals surface area (Å²) in [6.07, 6.45) is 0. The highest BCUT2D eigenvalue weighted by Crippen LogP contribution is 2.15. The lowest BCUT2D eigenvalue weighted by molar-refractivity contribution is -0.125. The van der Waals surface area contributed by atoms with E-state index in [2.05, 4.69) is 20.8 Å². The van der Waals surface area contributed by atoms with Crippen LogP contribution < -0.4 is 16.4 Å². The van der Waals surface area contributed by atoms with E-state index in [-0.39, 0.29) is 5.91 Å². The maximum atomic E-state index is 11.1. The van der Waals surface area contributed by atoms with Crippen LogP contribution in [0.2, 0.25) is 0 Å². The van der Waals surface area contributed by atoms with Gasteiger partial charge in [0, 0.05) is 12.6 Å². The Morgan fingerprint density at radius 1 is 1.44 bits per heavy atom. The molecule has 7 nitrogen and oxygen atoms in total. The molecule has 0 unspecified atom stereocenters. The van der Waals surface area contributed by atoms with Crippen molar-refractivity contribution >= 4 is 11.9 Å². The van der Waals surface area contributed by atoms with Gasteiger partial charge in [-0.25, -0.2) is 0 Å². The fourth-order valence-corrected chi connectivity index (χ4v) is 1.07. The zero-order valence-electron chi connectivity index (χ0n) is 11.3. The summed E-state index contributed by atoms with van der Waals surface area (Å²) in [5.74, 6) is 0.124. The molecule has 4 N–H and O–H groups in total. The smallest absolute Gasteiger partial charge is 0.315 e. The molecule has 0 aliphatic heterocycles. The Labute approximate surface area is 107 Å². The minimum atomic E-state index is -0.662. The molecule has 1 aromatic rings. The first-order valence-electron chi connectivity index (χ1n) is 5.91. The normalized spacial score (nSPS) is 11.8. The highest BCUT2D eigenvalue weighted by atomic mass is 16.4. The Morgan fingerprint density at radius 3 is 2.67 bits per heavy atom. The number of rotatable bonds is 7. The number of aromatic nitrogens is 2. The second-order valence-corrected chi connectivity index (χ2v) is 5.14. The van der Waals surface area contributed by atoms with Gasteiger partial charge >= 0.3 is 6.01 Å². The summed E-state index contributed by atoms with van der Waals surface area (Å²) in [6, 6.07) is 0.645. The summed E-state index contributed by atoms with van der Waals surface area (Å²) >= 11 is 0. The molecule has 102 valence electrons. The van der Waals surface area contributed by atoms with Crippen LogP contribution in [0, 0.1) is 5.41 Å². The van der Waals surface area contributed by atoms with Crippen molar-refractivity contribution in [3.05, 3.63) is 5.89 Å². The number of amides is 1. The third kappa shape index (κ3) is 4.33. The van der Waals surface area contributed by atoms with Crippen LogP contribution in [-0.4, -0.2) is 28.7 Å².